The van der Waals surface area contributed by atoms with E-state index in [2.05, 4.69) is 10.5 Å². The number of hydrogen-bond acceptors (Lipinski definition) is 6. The van der Waals surface area contributed by atoms with Crippen molar-refractivity contribution < 1.29 is 23.5 Å². The molecule has 0 spiro atoms. The van der Waals surface area contributed by atoms with Crippen molar-refractivity contribution in [1.82, 2.24) is 10.5 Å². The molecule has 1 N–H and O–H groups in total. The molecule has 144 valence electrons. The average molecular weight is 372 g/mol. The van der Waals surface area contributed by atoms with Gasteiger partial charge in [0.05, 0.1) is 31.6 Å². The van der Waals surface area contributed by atoms with Gasteiger partial charge in [0.25, 0.3) is 5.91 Å². The Kier molecular flexibility index (Phi) is 5.13. The van der Waals surface area contributed by atoms with E-state index in [1.54, 1.807) is 6.07 Å². The van der Waals surface area contributed by atoms with Crippen molar-refractivity contribution in [2.75, 3.05) is 19.8 Å². The SMILES string of the molecule is Cc1noc(C)c1COC1COCCC1NC(=O)c1ccc2c(c1)CCO2. The van der Waals surface area contributed by atoms with Crippen LogP contribution in [0, 0.1) is 13.8 Å². The molecule has 4 rings (SSSR count). The molecule has 1 saturated heterocycles. The highest BCUT2D eigenvalue weighted by Gasteiger charge is 2.29. The van der Waals surface area contributed by atoms with E-state index in [-0.39, 0.29) is 18.1 Å². The topological polar surface area (TPSA) is 82.8 Å². The highest BCUT2D eigenvalue weighted by Crippen LogP contribution is 2.26. The third-order valence-corrected chi connectivity index (χ3v) is 5.20. The van der Waals surface area contributed by atoms with E-state index >= 15 is 0 Å². The van der Waals surface area contributed by atoms with Gasteiger partial charge >= 0.3 is 0 Å². The van der Waals surface area contributed by atoms with Gasteiger partial charge in [-0.15, -0.1) is 0 Å². The normalized spacial score (nSPS) is 21.6. The Morgan fingerprint density at radius 3 is 3.04 bits per heavy atom. The van der Waals surface area contributed by atoms with Crippen LogP contribution in [0.5, 0.6) is 5.75 Å². The Morgan fingerprint density at radius 2 is 2.22 bits per heavy atom. The Hall–Kier alpha value is -2.38. The lowest BCUT2D eigenvalue weighted by atomic mass is 10.0. The molecule has 1 fully saturated rings. The van der Waals surface area contributed by atoms with E-state index in [0.717, 1.165) is 34.8 Å². The quantitative estimate of drug-likeness (QED) is 0.867. The summed E-state index contributed by atoms with van der Waals surface area (Å²) in [4.78, 5) is 12.7. The number of aryl methyl sites for hydroxylation is 2. The number of carbonyl (C=O) groups excluding carboxylic acids is 1. The third-order valence-electron chi connectivity index (χ3n) is 5.20. The van der Waals surface area contributed by atoms with Crippen molar-refractivity contribution in [3.05, 3.63) is 46.3 Å². The van der Waals surface area contributed by atoms with Crippen LogP contribution >= 0.6 is 0 Å². The Morgan fingerprint density at radius 1 is 1.33 bits per heavy atom. The van der Waals surface area contributed by atoms with Crippen LogP contribution in [0.3, 0.4) is 0 Å². The van der Waals surface area contributed by atoms with Crippen LogP contribution in [-0.4, -0.2) is 43.0 Å². The second-order valence-corrected chi connectivity index (χ2v) is 7.02. The minimum absolute atomic E-state index is 0.0949. The van der Waals surface area contributed by atoms with E-state index in [1.165, 1.54) is 0 Å². The monoisotopic (exact) mass is 372 g/mol. The first-order valence-electron chi connectivity index (χ1n) is 9.29. The lowest BCUT2D eigenvalue weighted by Crippen LogP contribution is -2.50. The number of carbonyl (C=O) groups is 1. The zero-order valence-corrected chi connectivity index (χ0v) is 15.6. The van der Waals surface area contributed by atoms with Crippen molar-refractivity contribution in [2.24, 2.45) is 0 Å². The van der Waals surface area contributed by atoms with Gasteiger partial charge in [-0.25, -0.2) is 0 Å². The van der Waals surface area contributed by atoms with E-state index < -0.39 is 0 Å². The second kappa shape index (κ2) is 7.70. The zero-order chi connectivity index (χ0) is 18.8. The first kappa shape index (κ1) is 18.0. The number of fused-ring (bicyclic) bond motifs is 1. The zero-order valence-electron chi connectivity index (χ0n) is 15.6. The van der Waals surface area contributed by atoms with Gasteiger partial charge < -0.3 is 24.1 Å². The van der Waals surface area contributed by atoms with E-state index in [1.807, 2.05) is 26.0 Å². The summed E-state index contributed by atoms with van der Waals surface area (Å²) in [6.07, 6.45) is 1.34. The van der Waals surface area contributed by atoms with Crippen LogP contribution in [0.2, 0.25) is 0 Å². The minimum atomic E-state index is -0.214. The predicted octanol–water partition coefficient (Wildman–Crippen LogP) is 2.33. The number of hydrogen-bond donors (Lipinski definition) is 1. The summed E-state index contributed by atoms with van der Waals surface area (Å²) in [5.41, 5.74) is 3.51. The highest BCUT2D eigenvalue weighted by atomic mass is 16.5. The number of nitrogens with zero attached hydrogens (tertiary/aromatic N) is 1. The summed E-state index contributed by atoms with van der Waals surface area (Å²) in [6, 6.07) is 5.48. The van der Waals surface area contributed by atoms with Gasteiger partial charge in [-0.2, -0.15) is 0 Å². The summed E-state index contributed by atoms with van der Waals surface area (Å²) >= 11 is 0. The largest absolute Gasteiger partial charge is 0.493 e. The molecule has 0 aliphatic carbocycles. The van der Waals surface area contributed by atoms with Gasteiger partial charge in [-0.3, -0.25) is 4.79 Å². The van der Waals surface area contributed by atoms with E-state index in [9.17, 15) is 4.79 Å². The fourth-order valence-corrected chi connectivity index (χ4v) is 3.52. The van der Waals surface area contributed by atoms with Gasteiger partial charge in [-0.05, 0) is 44.0 Å². The smallest absolute Gasteiger partial charge is 0.251 e. The molecule has 2 atom stereocenters. The summed E-state index contributed by atoms with van der Waals surface area (Å²) < 4.78 is 22.3. The van der Waals surface area contributed by atoms with Gasteiger partial charge in [0.15, 0.2) is 0 Å². The molecule has 2 unspecified atom stereocenters. The molecular weight excluding hydrogens is 348 g/mol. The molecule has 0 saturated carbocycles. The lowest BCUT2D eigenvalue weighted by Gasteiger charge is -2.32. The molecule has 1 aromatic heterocycles. The third kappa shape index (κ3) is 3.84. The number of nitrogens with one attached hydrogen (secondary N) is 1. The van der Waals surface area contributed by atoms with Crippen LogP contribution in [-0.2, 0) is 22.5 Å². The average Bonchev–Trinajstić information content (AvgIpc) is 3.27. The summed E-state index contributed by atoms with van der Waals surface area (Å²) in [6.45, 7) is 5.88. The highest BCUT2D eigenvalue weighted by molar-refractivity contribution is 5.94. The molecule has 0 bridgehead atoms. The van der Waals surface area contributed by atoms with Crippen LogP contribution in [0.4, 0.5) is 0 Å². The van der Waals surface area contributed by atoms with Gasteiger partial charge in [0.2, 0.25) is 0 Å². The molecular formula is C20H24N2O5. The van der Waals surface area contributed by atoms with E-state index in [0.29, 0.717) is 38.4 Å². The van der Waals surface area contributed by atoms with Crippen LogP contribution in [0.15, 0.2) is 22.7 Å². The van der Waals surface area contributed by atoms with Gasteiger partial charge in [0.1, 0.15) is 17.6 Å². The second-order valence-electron chi connectivity index (χ2n) is 7.02. The maximum Gasteiger partial charge on any atom is 0.251 e. The molecule has 1 aromatic carbocycles. The van der Waals surface area contributed by atoms with Crippen molar-refractivity contribution in [3.8, 4) is 5.75 Å². The lowest BCUT2D eigenvalue weighted by molar-refractivity contribution is -0.0739. The van der Waals surface area contributed by atoms with Crippen molar-refractivity contribution in [3.63, 3.8) is 0 Å². The fraction of sp³-hybridized carbons (Fsp3) is 0.500. The van der Waals surface area contributed by atoms with Crippen LogP contribution in [0.1, 0.15) is 39.4 Å². The Labute approximate surface area is 158 Å². The summed E-state index contributed by atoms with van der Waals surface area (Å²) in [5, 5.41) is 7.06. The first-order chi connectivity index (χ1) is 13.1. The molecule has 7 nitrogen and oxygen atoms in total. The van der Waals surface area contributed by atoms with Crippen molar-refractivity contribution in [2.45, 2.75) is 45.4 Å². The van der Waals surface area contributed by atoms with Crippen molar-refractivity contribution >= 4 is 5.91 Å². The number of amides is 1. The Balaban J connectivity index is 1.40. The molecule has 7 heteroatoms. The summed E-state index contributed by atoms with van der Waals surface area (Å²) in [7, 11) is 0. The van der Waals surface area contributed by atoms with Crippen LogP contribution in [0.25, 0.3) is 0 Å². The number of ether oxygens (including phenoxy) is 3. The first-order valence-corrected chi connectivity index (χ1v) is 9.29. The minimum Gasteiger partial charge on any atom is -0.493 e. The van der Waals surface area contributed by atoms with Gasteiger partial charge in [-0.1, -0.05) is 5.16 Å². The molecule has 3 heterocycles. The summed E-state index contributed by atoms with van der Waals surface area (Å²) in [5.74, 6) is 1.53. The van der Waals surface area contributed by atoms with Crippen molar-refractivity contribution in [1.29, 1.82) is 0 Å². The number of rotatable bonds is 5. The molecule has 2 aliphatic heterocycles. The van der Waals surface area contributed by atoms with Gasteiger partial charge in [0, 0.05) is 24.2 Å². The van der Waals surface area contributed by atoms with Crippen LogP contribution < -0.4 is 10.1 Å². The molecule has 2 aromatic rings. The van der Waals surface area contributed by atoms with E-state index in [4.69, 9.17) is 18.7 Å². The molecule has 27 heavy (non-hydrogen) atoms. The molecule has 0 radical (unpaired) electrons. The maximum absolute atomic E-state index is 12.7. The Bertz CT molecular complexity index is 812. The fourth-order valence-electron chi connectivity index (χ4n) is 3.52. The number of benzene rings is 1. The molecule has 1 amide bonds. The standard InChI is InChI=1S/C20H24N2O5/c1-12-16(13(2)27-22-12)10-26-19-11-24-7-6-17(19)21-20(23)15-3-4-18-14(9-15)5-8-25-18/h3-4,9,17,19H,5-8,10-11H2,1-2H3,(H,21,23). The maximum atomic E-state index is 12.7. The molecule has 2 aliphatic rings. The number of aromatic nitrogens is 1. The predicted molar refractivity (Wildman–Crippen MR) is 96.9 cm³/mol.